The van der Waals surface area contributed by atoms with Gasteiger partial charge in [-0.25, -0.2) is 4.39 Å². The normalized spacial score (nSPS) is 17.6. The molecule has 0 aromatic heterocycles. The number of aliphatic hydroxyl groups excluding tert-OH is 1. The van der Waals surface area contributed by atoms with Crippen LogP contribution in [0.25, 0.3) is 0 Å². The fraction of sp³-hybridized carbons (Fsp3) is 0.643. The monoisotopic (exact) mass is 475 g/mol. The molecule has 2 rings (SSSR count). The van der Waals surface area contributed by atoms with Gasteiger partial charge in [0.15, 0.2) is 5.78 Å². The van der Waals surface area contributed by atoms with Crippen LogP contribution in [0.1, 0.15) is 82.9 Å². The van der Waals surface area contributed by atoms with E-state index in [1.54, 1.807) is 13.0 Å². The summed E-state index contributed by atoms with van der Waals surface area (Å²) in [6.07, 6.45) is 5.27. The average molecular weight is 476 g/mol. The molecule has 1 saturated carbocycles. The number of aliphatic hydroxyl groups is 1. The molecule has 3 N–H and O–H groups in total. The lowest BCUT2D eigenvalue weighted by molar-refractivity contribution is -0.113. The largest absolute Gasteiger partial charge is 0.396 e. The second kappa shape index (κ2) is 15.0. The second-order valence-electron chi connectivity index (χ2n) is 9.76. The van der Waals surface area contributed by atoms with Crippen LogP contribution in [-0.4, -0.2) is 47.4 Å². The average Bonchev–Trinajstić information content (AvgIpc) is 2.81. The number of benzene rings is 1. The van der Waals surface area contributed by atoms with Gasteiger partial charge in [-0.05, 0) is 93.5 Å². The van der Waals surface area contributed by atoms with E-state index in [1.165, 1.54) is 13.0 Å². The van der Waals surface area contributed by atoms with E-state index in [0.29, 0.717) is 18.2 Å². The maximum Gasteiger partial charge on any atom is 0.175 e. The molecule has 0 aliphatic heterocycles. The summed E-state index contributed by atoms with van der Waals surface area (Å²) < 4.78 is 12.8. The predicted octanol–water partition coefficient (Wildman–Crippen LogP) is 5.63. The Bertz CT molecular complexity index is 834. The number of rotatable bonds is 9. The molecule has 0 amide bonds. The van der Waals surface area contributed by atoms with Gasteiger partial charge in [-0.3, -0.25) is 14.7 Å². The molecular formula is C28H46FN3O2. The zero-order valence-corrected chi connectivity index (χ0v) is 22.4. The first kappa shape index (κ1) is 30.0. The van der Waals surface area contributed by atoms with Crippen molar-refractivity contribution in [3.8, 4) is 0 Å². The Labute approximate surface area is 206 Å². The molecule has 6 heteroatoms. The van der Waals surface area contributed by atoms with E-state index < -0.39 is 6.23 Å². The van der Waals surface area contributed by atoms with Crippen molar-refractivity contribution in [3.05, 3.63) is 45.9 Å². The van der Waals surface area contributed by atoms with Crippen LogP contribution in [0.5, 0.6) is 0 Å². The Balaban J connectivity index is 0.000000479. The zero-order valence-electron chi connectivity index (χ0n) is 22.4. The minimum absolute atomic E-state index is 0.0929. The van der Waals surface area contributed by atoms with Gasteiger partial charge in [0.1, 0.15) is 12.0 Å². The summed E-state index contributed by atoms with van der Waals surface area (Å²) in [5.74, 6) is 0.416. The highest BCUT2D eigenvalue weighted by molar-refractivity contribution is 6.08. The van der Waals surface area contributed by atoms with E-state index in [-0.39, 0.29) is 11.6 Å². The summed E-state index contributed by atoms with van der Waals surface area (Å²) >= 11 is 0. The number of carbonyl (C=O) groups excluding carboxylic acids is 1. The molecule has 0 heterocycles. The van der Waals surface area contributed by atoms with Crippen molar-refractivity contribution in [2.45, 2.75) is 93.2 Å². The molecule has 1 unspecified atom stereocenters. The van der Waals surface area contributed by atoms with Gasteiger partial charge in [0.05, 0.1) is 12.2 Å². The molecule has 1 aliphatic rings. The van der Waals surface area contributed by atoms with Crippen LogP contribution in [0.4, 0.5) is 4.39 Å². The molecule has 192 valence electrons. The molecule has 0 spiro atoms. The fourth-order valence-electron chi connectivity index (χ4n) is 3.92. The number of hydrogen-bond acceptors (Lipinski definition) is 5. The standard InChI is InChI=1S/C19H35N3O2.C9H11F/c1-5-11-22(12-10-14(2)3)18(24)13-21-17-9-7-6-8-16(17)19(20)15(4)23;1-6-4-5-9(10)8(3)7(6)2/h14,18,24H,5-13,20H2,1-4H3;4-5H,1-3H3/b19-16-,21-17?;. The van der Waals surface area contributed by atoms with E-state index in [0.717, 1.165) is 79.6 Å². The molecule has 1 aliphatic carbocycles. The highest BCUT2D eigenvalue weighted by Crippen LogP contribution is 2.23. The number of Topliss-reactive ketones (excluding diaryl/α,β-unsaturated/α-hetero) is 1. The van der Waals surface area contributed by atoms with Crippen LogP contribution in [0, 0.1) is 32.5 Å². The number of aliphatic imine (C=N–C) groups is 1. The second-order valence-corrected chi connectivity index (χ2v) is 9.76. The van der Waals surface area contributed by atoms with Crippen molar-refractivity contribution < 1.29 is 14.3 Å². The van der Waals surface area contributed by atoms with Crippen LogP contribution in [-0.2, 0) is 4.79 Å². The molecular weight excluding hydrogens is 429 g/mol. The number of aryl methyl sites for hydroxylation is 1. The summed E-state index contributed by atoms with van der Waals surface area (Å²) in [6.45, 7) is 15.8. The van der Waals surface area contributed by atoms with Gasteiger partial charge >= 0.3 is 0 Å². The molecule has 0 saturated heterocycles. The number of halogens is 1. The third kappa shape index (κ3) is 9.67. The van der Waals surface area contributed by atoms with Crippen molar-refractivity contribution in [2.75, 3.05) is 19.6 Å². The van der Waals surface area contributed by atoms with E-state index in [1.807, 2.05) is 13.8 Å². The summed E-state index contributed by atoms with van der Waals surface area (Å²) in [4.78, 5) is 18.3. The van der Waals surface area contributed by atoms with E-state index >= 15 is 0 Å². The fourth-order valence-corrected chi connectivity index (χ4v) is 3.92. The van der Waals surface area contributed by atoms with Crippen molar-refractivity contribution in [1.82, 2.24) is 4.90 Å². The first-order chi connectivity index (χ1) is 16.0. The molecule has 1 aromatic carbocycles. The minimum atomic E-state index is -0.571. The Morgan fingerprint density at radius 1 is 1.15 bits per heavy atom. The van der Waals surface area contributed by atoms with Crippen LogP contribution in [0.2, 0.25) is 0 Å². The van der Waals surface area contributed by atoms with E-state index in [9.17, 15) is 14.3 Å². The van der Waals surface area contributed by atoms with Crippen LogP contribution >= 0.6 is 0 Å². The maximum atomic E-state index is 12.8. The van der Waals surface area contributed by atoms with Crippen LogP contribution in [0.15, 0.2) is 28.4 Å². The summed E-state index contributed by atoms with van der Waals surface area (Å²) in [5, 5.41) is 10.5. The van der Waals surface area contributed by atoms with Crippen molar-refractivity contribution >= 4 is 11.5 Å². The number of carbonyl (C=O) groups is 1. The molecule has 0 bridgehead atoms. The number of nitrogens with zero attached hydrogens (tertiary/aromatic N) is 2. The molecule has 34 heavy (non-hydrogen) atoms. The molecule has 1 fully saturated rings. The number of nitrogens with two attached hydrogens (primary N) is 1. The quantitative estimate of drug-likeness (QED) is 0.358. The van der Waals surface area contributed by atoms with Crippen LogP contribution in [0.3, 0.4) is 0 Å². The Morgan fingerprint density at radius 3 is 2.35 bits per heavy atom. The van der Waals surface area contributed by atoms with Gasteiger partial charge in [0, 0.05) is 25.7 Å². The topological polar surface area (TPSA) is 78.9 Å². The Kier molecular flexibility index (Phi) is 13.3. The molecule has 1 aromatic rings. The molecule has 0 radical (unpaired) electrons. The maximum absolute atomic E-state index is 12.8. The van der Waals surface area contributed by atoms with E-state index in [2.05, 4.69) is 30.7 Å². The Morgan fingerprint density at radius 2 is 1.79 bits per heavy atom. The minimum Gasteiger partial charge on any atom is -0.396 e. The lowest BCUT2D eigenvalue weighted by Gasteiger charge is -2.28. The van der Waals surface area contributed by atoms with Gasteiger partial charge in [-0.2, -0.15) is 0 Å². The van der Waals surface area contributed by atoms with Gasteiger partial charge < -0.3 is 10.8 Å². The third-order valence-electron chi connectivity index (χ3n) is 6.51. The third-order valence-corrected chi connectivity index (χ3v) is 6.51. The van der Waals surface area contributed by atoms with Gasteiger partial charge in [-0.1, -0.05) is 26.8 Å². The smallest absolute Gasteiger partial charge is 0.175 e. The summed E-state index contributed by atoms with van der Waals surface area (Å²) in [6, 6.07) is 3.31. The van der Waals surface area contributed by atoms with E-state index in [4.69, 9.17) is 5.73 Å². The lowest BCUT2D eigenvalue weighted by Crippen LogP contribution is -2.39. The molecule has 1 atom stereocenters. The number of ketones is 1. The first-order valence-corrected chi connectivity index (χ1v) is 12.7. The van der Waals surface area contributed by atoms with Crippen LogP contribution < -0.4 is 5.73 Å². The summed E-state index contributed by atoms with van der Waals surface area (Å²) in [5.41, 5.74) is 11.1. The van der Waals surface area contributed by atoms with Gasteiger partial charge in [0.2, 0.25) is 0 Å². The SMILES string of the molecule is CCCN(CCC(C)C)C(O)CN=C1CCCC/C1=C(/N)C(C)=O.Cc1ccc(F)c(C)c1C. The summed E-state index contributed by atoms with van der Waals surface area (Å²) in [7, 11) is 0. The Hall–Kier alpha value is -2.05. The first-order valence-electron chi connectivity index (χ1n) is 12.7. The molecule has 5 nitrogen and oxygen atoms in total. The van der Waals surface area contributed by atoms with Crippen molar-refractivity contribution in [3.63, 3.8) is 0 Å². The number of allylic oxidation sites excluding steroid dienone is 2. The number of hydrogen-bond donors (Lipinski definition) is 2. The zero-order chi connectivity index (χ0) is 25.8. The van der Waals surface area contributed by atoms with Crippen molar-refractivity contribution in [1.29, 1.82) is 0 Å². The highest BCUT2D eigenvalue weighted by atomic mass is 19.1. The predicted molar refractivity (Wildman–Crippen MR) is 141 cm³/mol. The van der Waals surface area contributed by atoms with Gasteiger partial charge in [-0.15, -0.1) is 0 Å². The van der Waals surface area contributed by atoms with Crippen molar-refractivity contribution in [2.24, 2.45) is 16.6 Å². The highest BCUT2D eigenvalue weighted by Gasteiger charge is 2.20. The van der Waals surface area contributed by atoms with Gasteiger partial charge in [0.25, 0.3) is 0 Å². The lowest BCUT2D eigenvalue weighted by atomic mass is 9.90.